The molecule has 0 unspecified atom stereocenters. The third-order valence-electron chi connectivity index (χ3n) is 4.87. The summed E-state index contributed by atoms with van der Waals surface area (Å²) in [4.78, 5) is 19.7. The van der Waals surface area contributed by atoms with Crippen LogP contribution in [-0.2, 0) is 27.6 Å². The molecule has 31 heavy (non-hydrogen) atoms. The number of aromatic nitrogens is 1. The number of amides is 1. The molecule has 9 heteroatoms. The molecule has 0 aliphatic rings. The number of fused-ring (bicyclic) bond motifs is 1. The number of sulfone groups is 1. The zero-order chi connectivity index (χ0) is 22.2. The molecule has 0 atom stereocenters. The first-order valence-corrected chi connectivity index (χ1v) is 12.5. The maximum Gasteiger partial charge on any atom is 0.233 e. The first-order chi connectivity index (χ1) is 14.7. The molecular formula is C22H19ClN2O4S2. The Morgan fingerprint density at radius 3 is 2.55 bits per heavy atom. The smallest absolute Gasteiger partial charge is 0.233 e. The first kappa shape index (κ1) is 21.5. The van der Waals surface area contributed by atoms with Gasteiger partial charge in [-0.05, 0) is 54.4 Å². The minimum atomic E-state index is -3.29. The number of hydrogen-bond acceptors (Lipinski definition) is 6. The second-order valence-corrected chi connectivity index (χ2v) is 10.6. The largest absolute Gasteiger partial charge is 0.467 e. The highest BCUT2D eigenvalue weighted by atomic mass is 35.5. The molecule has 0 spiro atoms. The molecule has 0 bridgehead atoms. The number of rotatable bonds is 6. The van der Waals surface area contributed by atoms with E-state index < -0.39 is 9.84 Å². The molecule has 2 aromatic carbocycles. The van der Waals surface area contributed by atoms with Crippen molar-refractivity contribution in [1.29, 1.82) is 0 Å². The SMILES string of the molecule is Cc1c(Cl)ccc2sc(N(Cc3ccco3)C(=O)Cc3ccc(S(C)(=O)=O)cc3)nc12. The molecular weight excluding hydrogens is 456 g/mol. The number of carbonyl (C=O) groups excluding carboxylic acids is 1. The summed E-state index contributed by atoms with van der Waals surface area (Å²) in [5.41, 5.74) is 2.34. The molecule has 0 saturated heterocycles. The third kappa shape index (κ3) is 4.66. The number of hydrogen-bond donors (Lipinski definition) is 0. The lowest BCUT2D eigenvalue weighted by Gasteiger charge is -2.19. The van der Waals surface area contributed by atoms with Gasteiger partial charge in [0.2, 0.25) is 5.91 Å². The molecule has 0 fully saturated rings. The van der Waals surface area contributed by atoms with E-state index in [-0.39, 0.29) is 23.8 Å². The first-order valence-electron chi connectivity index (χ1n) is 9.40. The van der Waals surface area contributed by atoms with Gasteiger partial charge in [0.25, 0.3) is 0 Å². The molecule has 4 aromatic rings. The van der Waals surface area contributed by atoms with Crippen molar-refractivity contribution in [2.24, 2.45) is 0 Å². The van der Waals surface area contributed by atoms with E-state index in [1.54, 1.807) is 35.4 Å². The third-order valence-corrected chi connectivity index (χ3v) is 7.45. The van der Waals surface area contributed by atoms with Crippen molar-refractivity contribution in [3.8, 4) is 0 Å². The minimum Gasteiger partial charge on any atom is -0.467 e. The van der Waals surface area contributed by atoms with Gasteiger partial charge < -0.3 is 4.42 Å². The Labute approximate surface area is 189 Å². The van der Waals surface area contributed by atoms with E-state index in [0.717, 1.165) is 22.0 Å². The van der Waals surface area contributed by atoms with Gasteiger partial charge in [0.15, 0.2) is 15.0 Å². The molecule has 0 aliphatic heterocycles. The van der Waals surface area contributed by atoms with E-state index in [9.17, 15) is 13.2 Å². The fraction of sp³-hybridized carbons (Fsp3) is 0.182. The summed E-state index contributed by atoms with van der Waals surface area (Å²) in [5.74, 6) is 0.459. The Balaban J connectivity index is 1.66. The zero-order valence-electron chi connectivity index (χ0n) is 16.8. The summed E-state index contributed by atoms with van der Waals surface area (Å²) in [6, 6.07) is 13.6. The quantitative estimate of drug-likeness (QED) is 0.391. The molecule has 6 nitrogen and oxygen atoms in total. The van der Waals surface area contributed by atoms with Crippen LogP contribution in [0.25, 0.3) is 10.2 Å². The maximum atomic E-state index is 13.3. The number of nitrogens with zero attached hydrogens (tertiary/aromatic N) is 2. The van der Waals surface area contributed by atoms with Gasteiger partial charge in [-0.3, -0.25) is 9.69 Å². The lowest BCUT2D eigenvalue weighted by Crippen LogP contribution is -2.31. The number of furan rings is 1. The fourth-order valence-corrected chi connectivity index (χ4v) is 4.97. The van der Waals surface area contributed by atoms with E-state index in [0.29, 0.717) is 21.5 Å². The van der Waals surface area contributed by atoms with Gasteiger partial charge in [-0.15, -0.1) is 0 Å². The van der Waals surface area contributed by atoms with Crippen LogP contribution in [-0.4, -0.2) is 25.6 Å². The van der Waals surface area contributed by atoms with E-state index in [4.69, 9.17) is 16.0 Å². The van der Waals surface area contributed by atoms with Gasteiger partial charge in [-0.2, -0.15) is 0 Å². The van der Waals surface area contributed by atoms with Crippen LogP contribution in [0.2, 0.25) is 5.02 Å². The molecule has 0 aliphatic carbocycles. The molecule has 0 radical (unpaired) electrons. The van der Waals surface area contributed by atoms with Crippen LogP contribution in [0.5, 0.6) is 0 Å². The van der Waals surface area contributed by atoms with Crippen LogP contribution in [0.15, 0.2) is 64.1 Å². The number of benzene rings is 2. The standard InChI is InChI=1S/C22H19ClN2O4S2/c1-14-18(23)9-10-19-21(14)24-22(30-19)25(13-16-4-3-11-29-16)20(26)12-15-5-7-17(8-6-15)31(2,27)28/h3-11H,12-13H2,1-2H3. The zero-order valence-corrected chi connectivity index (χ0v) is 19.2. The van der Waals surface area contributed by atoms with Crippen molar-refractivity contribution in [1.82, 2.24) is 4.98 Å². The van der Waals surface area contributed by atoms with Crippen molar-refractivity contribution >= 4 is 54.0 Å². The molecule has 0 N–H and O–H groups in total. The topological polar surface area (TPSA) is 80.5 Å². The van der Waals surface area contributed by atoms with Crippen molar-refractivity contribution in [2.75, 3.05) is 11.2 Å². The second-order valence-electron chi connectivity index (χ2n) is 7.17. The summed E-state index contributed by atoms with van der Waals surface area (Å²) < 4.78 is 29.7. The summed E-state index contributed by atoms with van der Waals surface area (Å²) in [6.45, 7) is 2.13. The molecule has 2 heterocycles. The summed E-state index contributed by atoms with van der Waals surface area (Å²) in [6.07, 6.45) is 2.81. The van der Waals surface area contributed by atoms with Gasteiger partial charge in [0.1, 0.15) is 5.76 Å². The van der Waals surface area contributed by atoms with Crippen LogP contribution in [0, 0.1) is 6.92 Å². The second kappa shape index (κ2) is 8.45. The molecule has 2 aromatic heterocycles. The lowest BCUT2D eigenvalue weighted by atomic mass is 10.1. The summed E-state index contributed by atoms with van der Waals surface area (Å²) in [5, 5.41) is 1.17. The Morgan fingerprint density at radius 2 is 1.90 bits per heavy atom. The molecule has 0 saturated carbocycles. The van der Waals surface area contributed by atoms with Gasteiger partial charge in [0.05, 0.1) is 34.3 Å². The van der Waals surface area contributed by atoms with Gasteiger partial charge in [-0.1, -0.05) is 35.1 Å². The van der Waals surface area contributed by atoms with Crippen molar-refractivity contribution in [3.63, 3.8) is 0 Å². The van der Waals surface area contributed by atoms with Gasteiger partial charge >= 0.3 is 0 Å². The number of aryl methyl sites for hydroxylation is 1. The van der Waals surface area contributed by atoms with Gasteiger partial charge in [-0.25, -0.2) is 13.4 Å². The Kier molecular flexibility index (Phi) is 5.88. The van der Waals surface area contributed by atoms with E-state index >= 15 is 0 Å². The van der Waals surface area contributed by atoms with Crippen molar-refractivity contribution in [3.05, 3.63) is 76.7 Å². The van der Waals surface area contributed by atoms with E-state index in [1.807, 2.05) is 19.1 Å². The maximum absolute atomic E-state index is 13.3. The Morgan fingerprint density at radius 1 is 1.16 bits per heavy atom. The monoisotopic (exact) mass is 474 g/mol. The summed E-state index contributed by atoms with van der Waals surface area (Å²) in [7, 11) is -3.29. The van der Waals surface area contributed by atoms with Crippen LogP contribution >= 0.6 is 22.9 Å². The molecule has 160 valence electrons. The number of thiazole rings is 1. The number of anilines is 1. The van der Waals surface area contributed by atoms with Crippen LogP contribution in [0.4, 0.5) is 5.13 Å². The van der Waals surface area contributed by atoms with Crippen molar-refractivity contribution < 1.29 is 17.6 Å². The minimum absolute atomic E-state index is 0.0976. The van der Waals surface area contributed by atoms with Crippen LogP contribution in [0.1, 0.15) is 16.9 Å². The van der Waals surface area contributed by atoms with E-state index in [2.05, 4.69) is 4.98 Å². The average molecular weight is 475 g/mol. The van der Waals surface area contributed by atoms with Crippen molar-refractivity contribution in [2.45, 2.75) is 24.8 Å². The highest BCUT2D eigenvalue weighted by Gasteiger charge is 2.22. The predicted octanol–water partition coefficient (Wildman–Crippen LogP) is 5.03. The Bertz CT molecular complexity index is 1340. The van der Waals surface area contributed by atoms with Crippen LogP contribution in [0.3, 0.4) is 0 Å². The van der Waals surface area contributed by atoms with Crippen LogP contribution < -0.4 is 4.90 Å². The Hall–Kier alpha value is -2.68. The average Bonchev–Trinajstić information content (AvgIpc) is 3.38. The summed E-state index contributed by atoms with van der Waals surface area (Å²) >= 11 is 7.64. The van der Waals surface area contributed by atoms with Gasteiger partial charge in [0, 0.05) is 11.3 Å². The lowest BCUT2D eigenvalue weighted by molar-refractivity contribution is -0.118. The highest BCUT2D eigenvalue weighted by Crippen LogP contribution is 2.34. The predicted molar refractivity (Wildman–Crippen MR) is 123 cm³/mol. The fourth-order valence-electron chi connectivity index (χ4n) is 3.15. The normalized spacial score (nSPS) is 11.7. The molecule has 1 amide bonds. The highest BCUT2D eigenvalue weighted by molar-refractivity contribution is 7.90. The number of carbonyl (C=O) groups is 1. The number of halogens is 1. The van der Waals surface area contributed by atoms with E-state index in [1.165, 1.54) is 23.5 Å². The molecule has 4 rings (SSSR count).